The van der Waals surface area contributed by atoms with Crippen LogP contribution < -0.4 is 10.2 Å². The molecule has 2 atom stereocenters. The first kappa shape index (κ1) is 20.4. The topological polar surface area (TPSA) is 61.9 Å². The average Bonchev–Trinajstić information content (AvgIpc) is 3.22. The predicted molar refractivity (Wildman–Crippen MR) is 101 cm³/mol. The van der Waals surface area contributed by atoms with Crippen LogP contribution in [0.4, 0.5) is 19.3 Å². The molecule has 2 amide bonds. The Bertz CT molecular complexity index is 751. The minimum atomic E-state index is -0.610. The molecule has 0 saturated carbocycles. The van der Waals surface area contributed by atoms with Gasteiger partial charge in [-0.3, -0.25) is 4.79 Å². The van der Waals surface area contributed by atoms with Crippen LogP contribution in [0.5, 0.6) is 0 Å². The van der Waals surface area contributed by atoms with Crippen molar-refractivity contribution in [3.63, 3.8) is 0 Å². The van der Waals surface area contributed by atoms with Crippen molar-refractivity contribution in [3.05, 3.63) is 29.8 Å². The van der Waals surface area contributed by atoms with Crippen LogP contribution in [0, 0.1) is 17.6 Å². The van der Waals surface area contributed by atoms with Crippen molar-refractivity contribution in [2.75, 3.05) is 31.1 Å². The molecule has 2 saturated heterocycles. The lowest BCUT2D eigenvalue weighted by molar-refractivity contribution is -0.125. The Labute approximate surface area is 163 Å². The van der Waals surface area contributed by atoms with Crippen molar-refractivity contribution in [1.82, 2.24) is 10.2 Å². The lowest BCUT2D eigenvalue weighted by Crippen LogP contribution is -2.42. The molecule has 0 bridgehead atoms. The Morgan fingerprint density at radius 1 is 1.14 bits per heavy atom. The molecule has 1 aromatic rings. The summed E-state index contributed by atoms with van der Waals surface area (Å²) in [5, 5.41) is 3.00. The van der Waals surface area contributed by atoms with E-state index >= 15 is 0 Å². The molecule has 2 heterocycles. The van der Waals surface area contributed by atoms with E-state index in [0.29, 0.717) is 44.7 Å². The SMILES string of the molecule is CC(C)(C)OC(=O)N1CCC(C(=O)NC2CCN(c3ccc(F)cc3F)C2)C1. The van der Waals surface area contributed by atoms with Gasteiger partial charge in [0.2, 0.25) is 5.91 Å². The summed E-state index contributed by atoms with van der Waals surface area (Å²) in [6, 6.07) is 3.41. The third-order valence-electron chi connectivity index (χ3n) is 5.00. The van der Waals surface area contributed by atoms with Crippen LogP contribution in [0.25, 0.3) is 0 Å². The number of nitrogens with one attached hydrogen (secondary N) is 1. The van der Waals surface area contributed by atoms with Crippen molar-refractivity contribution < 1.29 is 23.1 Å². The van der Waals surface area contributed by atoms with E-state index in [-0.39, 0.29) is 17.9 Å². The van der Waals surface area contributed by atoms with Crippen molar-refractivity contribution in [2.24, 2.45) is 5.92 Å². The Hall–Kier alpha value is -2.38. The standard InChI is InChI=1S/C20H27F2N3O3/c1-20(2,3)28-19(27)25-8-6-13(11-25)18(26)23-15-7-9-24(12-15)17-5-4-14(21)10-16(17)22/h4-5,10,13,15H,6-9,11-12H2,1-3H3,(H,23,26). The summed E-state index contributed by atoms with van der Waals surface area (Å²) >= 11 is 0. The molecule has 8 heteroatoms. The van der Waals surface area contributed by atoms with Gasteiger partial charge < -0.3 is 19.9 Å². The van der Waals surface area contributed by atoms with Crippen LogP contribution in [0.3, 0.4) is 0 Å². The zero-order valence-electron chi connectivity index (χ0n) is 16.5. The van der Waals surface area contributed by atoms with Gasteiger partial charge in [0, 0.05) is 38.3 Å². The number of hydrogen-bond acceptors (Lipinski definition) is 4. The van der Waals surface area contributed by atoms with Crippen LogP contribution in [0.2, 0.25) is 0 Å². The summed E-state index contributed by atoms with van der Waals surface area (Å²) in [6.07, 6.45) is 0.876. The molecule has 0 spiro atoms. The van der Waals surface area contributed by atoms with Gasteiger partial charge in [0.05, 0.1) is 11.6 Å². The van der Waals surface area contributed by atoms with Gasteiger partial charge in [-0.2, -0.15) is 0 Å². The molecule has 3 rings (SSSR count). The summed E-state index contributed by atoms with van der Waals surface area (Å²) in [7, 11) is 0. The van der Waals surface area contributed by atoms with Crippen LogP contribution in [0.1, 0.15) is 33.6 Å². The van der Waals surface area contributed by atoms with Crippen molar-refractivity contribution in [2.45, 2.75) is 45.3 Å². The fourth-order valence-corrected chi connectivity index (χ4v) is 3.62. The van der Waals surface area contributed by atoms with E-state index in [9.17, 15) is 18.4 Å². The number of nitrogens with zero attached hydrogens (tertiary/aromatic N) is 2. The lowest BCUT2D eigenvalue weighted by atomic mass is 10.1. The smallest absolute Gasteiger partial charge is 0.410 e. The molecule has 154 valence electrons. The molecule has 2 aliphatic heterocycles. The van der Waals surface area contributed by atoms with Gasteiger partial charge in [0.15, 0.2) is 0 Å². The van der Waals surface area contributed by atoms with E-state index in [1.807, 2.05) is 0 Å². The Balaban J connectivity index is 1.50. The number of benzene rings is 1. The third-order valence-corrected chi connectivity index (χ3v) is 5.00. The maximum atomic E-state index is 14.0. The quantitative estimate of drug-likeness (QED) is 0.855. The molecule has 2 fully saturated rings. The van der Waals surface area contributed by atoms with Gasteiger partial charge in [-0.05, 0) is 45.7 Å². The molecule has 0 aromatic heterocycles. The monoisotopic (exact) mass is 395 g/mol. The summed E-state index contributed by atoms with van der Waals surface area (Å²) in [5.41, 5.74) is -0.226. The summed E-state index contributed by atoms with van der Waals surface area (Å²) < 4.78 is 32.4. The van der Waals surface area contributed by atoms with E-state index in [4.69, 9.17) is 4.74 Å². The van der Waals surface area contributed by atoms with Gasteiger partial charge in [-0.1, -0.05) is 0 Å². The fourth-order valence-electron chi connectivity index (χ4n) is 3.62. The minimum absolute atomic E-state index is 0.0995. The number of rotatable bonds is 3. The third kappa shape index (κ3) is 4.91. The number of carbonyl (C=O) groups excluding carboxylic acids is 2. The molecule has 2 aliphatic rings. The Morgan fingerprint density at radius 3 is 2.57 bits per heavy atom. The summed E-state index contributed by atoms with van der Waals surface area (Å²) in [6.45, 7) is 7.30. The van der Waals surface area contributed by atoms with Gasteiger partial charge >= 0.3 is 6.09 Å². The second-order valence-electron chi connectivity index (χ2n) is 8.45. The molecule has 6 nitrogen and oxygen atoms in total. The lowest BCUT2D eigenvalue weighted by Gasteiger charge is -2.24. The zero-order valence-corrected chi connectivity index (χ0v) is 16.5. The largest absolute Gasteiger partial charge is 0.444 e. The molecule has 28 heavy (non-hydrogen) atoms. The predicted octanol–water partition coefficient (Wildman–Crippen LogP) is 2.92. The van der Waals surface area contributed by atoms with Gasteiger partial charge in [0.25, 0.3) is 0 Å². The number of anilines is 1. The molecule has 0 radical (unpaired) electrons. The number of halogens is 2. The maximum absolute atomic E-state index is 14.0. The molecular formula is C20H27F2N3O3. The maximum Gasteiger partial charge on any atom is 0.410 e. The normalized spacial score (nSPS) is 22.5. The highest BCUT2D eigenvalue weighted by Crippen LogP contribution is 2.25. The van der Waals surface area contributed by atoms with E-state index < -0.39 is 23.3 Å². The van der Waals surface area contributed by atoms with Crippen LogP contribution in [-0.2, 0) is 9.53 Å². The van der Waals surface area contributed by atoms with Gasteiger partial charge in [-0.25, -0.2) is 13.6 Å². The second-order valence-corrected chi connectivity index (χ2v) is 8.45. The van der Waals surface area contributed by atoms with Gasteiger partial charge in [0.1, 0.15) is 17.2 Å². The van der Waals surface area contributed by atoms with Crippen LogP contribution in [0.15, 0.2) is 18.2 Å². The van der Waals surface area contributed by atoms with E-state index in [1.165, 1.54) is 12.1 Å². The fraction of sp³-hybridized carbons (Fsp3) is 0.600. The first-order valence-electron chi connectivity index (χ1n) is 9.60. The van der Waals surface area contributed by atoms with Crippen LogP contribution in [-0.4, -0.2) is 54.7 Å². The number of likely N-dealkylation sites (tertiary alicyclic amines) is 1. The first-order valence-corrected chi connectivity index (χ1v) is 9.60. The molecule has 2 unspecified atom stereocenters. The zero-order chi connectivity index (χ0) is 20.5. The molecule has 1 aromatic carbocycles. The van der Waals surface area contributed by atoms with Crippen LogP contribution >= 0.6 is 0 Å². The van der Waals surface area contributed by atoms with Crippen molar-refractivity contribution in [3.8, 4) is 0 Å². The number of amides is 2. The van der Waals surface area contributed by atoms with Gasteiger partial charge in [-0.15, -0.1) is 0 Å². The minimum Gasteiger partial charge on any atom is -0.444 e. The Morgan fingerprint density at radius 2 is 1.89 bits per heavy atom. The van der Waals surface area contributed by atoms with E-state index in [1.54, 1.807) is 30.6 Å². The Kier molecular flexibility index (Phi) is 5.76. The van der Waals surface area contributed by atoms with E-state index in [2.05, 4.69) is 5.32 Å². The van der Waals surface area contributed by atoms with E-state index in [0.717, 1.165) is 6.07 Å². The summed E-state index contributed by atoms with van der Waals surface area (Å²) in [5.74, 6) is -1.58. The highest BCUT2D eigenvalue weighted by Gasteiger charge is 2.35. The number of ether oxygens (including phenoxy) is 1. The molecular weight excluding hydrogens is 368 g/mol. The first-order chi connectivity index (χ1) is 13.1. The van der Waals surface area contributed by atoms with Crippen molar-refractivity contribution >= 4 is 17.7 Å². The highest BCUT2D eigenvalue weighted by atomic mass is 19.1. The summed E-state index contributed by atoms with van der Waals surface area (Å²) in [4.78, 5) is 28.1. The highest BCUT2D eigenvalue weighted by molar-refractivity contribution is 5.81. The second kappa shape index (κ2) is 7.93. The molecule has 1 N–H and O–H groups in total. The number of hydrogen-bond donors (Lipinski definition) is 1. The van der Waals surface area contributed by atoms with Crippen molar-refractivity contribution in [1.29, 1.82) is 0 Å². The average molecular weight is 395 g/mol. The number of carbonyl (C=O) groups is 2. The molecule has 0 aliphatic carbocycles.